The van der Waals surface area contributed by atoms with Crippen LogP contribution in [-0.4, -0.2) is 11.8 Å². The Morgan fingerprint density at radius 3 is 2.79 bits per heavy atom. The van der Waals surface area contributed by atoms with Gasteiger partial charge in [-0.1, -0.05) is 0 Å². The second-order valence-corrected chi connectivity index (χ2v) is 3.17. The first kappa shape index (κ1) is 8.74. The number of hydrogen-bond acceptors (Lipinski definition) is 3. The molecule has 2 amide bonds. The monoisotopic (exact) mass is 191 g/mol. The van der Waals surface area contributed by atoms with Crippen LogP contribution in [0.1, 0.15) is 18.9 Å². The average molecular weight is 191 g/mol. The molecule has 14 heavy (non-hydrogen) atoms. The van der Waals surface area contributed by atoms with Crippen molar-refractivity contribution in [3.05, 3.63) is 29.7 Å². The van der Waals surface area contributed by atoms with Gasteiger partial charge in [0.1, 0.15) is 0 Å². The van der Waals surface area contributed by atoms with Gasteiger partial charge in [0.25, 0.3) is 5.91 Å². The molecule has 1 aliphatic rings. The summed E-state index contributed by atoms with van der Waals surface area (Å²) in [4.78, 5) is 22.2. The molecule has 0 aromatic carbocycles. The smallest absolute Gasteiger partial charge is 0.254 e. The summed E-state index contributed by atoms with van der Waals surface area (Å²) in [5.41, 5.74) is 2.16. The number of carbonyl (C=O) groups is 2. The van der Waals surface area contributed by atoms with Crippen LogP contribution in [0.25, 0.3) is 5.57 Å². The molecule has 0 unspecified atom stereocenters. The number of amides is 2. The summed E-state index contributed by atoms with van der Waals surface area (Å²) in [6, 6.07) is 1.76. The number of hydrogen-bond donors (Lipinski definition) is 1. The highest BCUT2D eigenvalue weighted by molar-refractivity contribution is 6.17. The number of carbonyl (C=O) groups excluding carboxylic acids is 2. The van der Waals surface area contributed by atoms with Crippen molar-refractivity contribution in [2.24, 2.45) is 0 Å². The number of rotatable bonds is 1. The predicted molar refractivity (Wildman–Crippen MR) is 49.1 cm³/mol. The molecule has 1 saturated heterocycles. The highest BCUT2D eigenvalue weighted by Gasteiger charge is 2.26. The Labute approximate surface area is 80.6 Å². The quantitative estimate of drug-likeness (QED) is 0.534. The Hall–Kier alpha value is -1.84. The Morgan fingerprint density at radius 2 is 2.29 bits per heavy atom. The maximum atomic E-state index is 11.3. The molecular weight excluding hydrogens is 182 g/mol. The van der Waals surface area contributed by atoms with Crippen LogP contribution in [0.3, 0.4) is 0 Å². The van der Waals surface area contributed by atoms with E-state index in [0.29, 0.717) is 5.57 Å². The minimum absolute atomic E-state index is 0.163. The molecular formula is C10H9NO3. The Balaban J connectivity index is 2.41. The molecule has 1 fully saturated rings. The summed E-state index contributed by atoms with van der Waals surface area (Å²) in [6.45, 7) is 1.80. The van der Waals surface area contributed by atoms with Gasteiger partial charge in [-0.25, -0.2) is 0 Å². The van der Waals surface area contributed by atoms with Crippen molar-refractivity contribution in [2.45, 2.75) is 13.3 Å². The third-order valence-corrected chi connectivity index (χ3v) is 2.27. The Bertz CT molecular complexity index is 415. The molecule has 1 N–H and O–H groups in total. The molecule has 4 nitrogen and oxygen atoms in total. The standard InChI is InChI=1S/C10H9NO3/c1-6(7-2-3-14-5-7)8-4-9(12)11-10(8)13/h2-3,5H,4H2,1H3,(H,11,12,13). The van der Waals surface area contributed by atoms with Crippen LogP contribution >= 0.6 is 0 Å². The summed E-state index contributed by atoms with van der Waals surface area (Å²) >= 11 is 0. The van der Waals surface area contributed by atoms with Crippen molar-refractivity contribution in [3.63, 3.8) is 0 Å². The molecule has 0 aliphatic carbocycles. The number of imide groups is 1. The SMILES string of the molecule is CC(=C1CC(=O)NC1=O)c1ccoc1. The summed E-state index contributed by atoms with van der Waals surface area (Å²) < 4.78 is 4.91. The van der Waals surface area contributed by atoms with E-state index in [1.54, 1.807) is 19.3 Å². The molecule has 72 valence electrons. The van der Waals surface area contributed by atoms with E-state index in [9.17, 15) is 9.59 Å². The average Bonchev–Trinajstić information content (AvgIpc) is 2.73. The van der Waals surface area contributed by atoms with Gasteiger partial charge in [0, 0.05) is 11.1 Å². The van der Waals surface area contributed by atoms with Gasteiger partial charge < -0.3 is 4.42 Å². The number of nitrogens with one attached hydrogen (secondary N) is 1. The molecule has 0 radical (unpaired) electrons. The summed E-state index contributed by atoms with van der Waals surface area (Å²) in [6.07, 6.45) is 3.25. The third-order valence-electron chi connectivity index (χ3n) is 2.27. The molecule has 4 heteroatoms. The first-order chi connectivity index (χ1) is 6.68. The lowest BCUT2D eigenvalue weighted by Crippen LogP contribution is -2.19. The molecule has 1 aliphatic heterocycles. The van der Waals surface area contributed by atoms with E-state index in [2.05, 4.69) is 5.32 Å². The maximum absolute atomic E-state index is 11.3. The lowest BCUT2D eigenvalue weighted by atomic mass is 10.0. The molecule has 0 bridgehead atoms. The van der Waals surface area contributed by atoms with Gasteiger partial charge in [-0.2, -0.15) is 0 Å². The first-order valence-corrected chi connectivity index (χ1v) is 4.25. The zero-order valence-electron chi connectivity index (χ0n) is 7.66. The van der Waals surface area contributed by atoms with E-state index >= 15 is 0 Å². The third kappa shape index (κ3) is 1.35. The zero-order chi connectivity index (χ0) is 10.1. The Morgan fingerprint density at radius 1 is 1.50 bits per heavy atom. The lowest BCUT2D eigenvalue weighted by Gasteiger charge is -1.98. The van der Waals surface area contributed by atoms with Crippen LogP contribution in [0.5, 0.6) is 0 Å². The van der Waals surface area contributed by atoms with E-state index in [1.165, 1.54) is 6.26 Å². The highest BCUT2D eigenvalue weighted by atomic mass is 16.3. The summed E-state index contributed by atoms with van der Waals surface area (Å²) in [5, 5.41) is 2.24. The predicted octanol–water partition coefficient (Wildman–Crippen LogP) is 1.10. The van der Waals surface area contributed by atoms with Crippen LogP contribution in [0.2, 0.25) is 0 Å². The van der Waals surface area contributed by atoms with Crippen molar-refractivity contribution >= 4 is 17.4 Å². The second-order valence-electron chi connectivity index (χ2n) is 3.17. The van der Waals surface area contributed by atoms with Crippen molar-refractivity contribution < 1.29 is 14.0 Å². The van der Waals surface area contributed by atoms with Gasteiger partial charge in [-0.3, -0.25) is 14.9 Å². The first-order valence-electron chi connectivity index (χ1n) is 4.25. The number of furan rings is 1. The van der Waals surface area contributed by atoms with E-state index in [1.807, 2.05) is 0 Å². The summed E-state index contributed by atoms with van der Waals surface area (Å²) in [7, 11) is 0. The topological polar surface area (TPSA) is 59.3 Å². The molecule has 1 aromatic heterocycles. The summed E-state index contributed by atoms with van der Waals surface area (Å²) in [5.74, 6) is -0.540. The molecule has 2 heterocycles. The Kier molecular flexibility index (Phi) is 1.96. The fourth-order valence-corrected chi connectivity index (χ4v) is 1.44. The largest absolute Gasteiger partial charge is 0.472 e. The normalized spacial score (nSPS) is 19.8. The van der Waals surface area contributed by atoms with Gasteiger partial charge >= 0.3 is 0 Å². The number of allylic oxidation sites excluding steroid dienone is 1. The van der Waals surface area contributed by atoms with Crippen LogP contribution in [0, 0.1) is 0 Å². The minimum atomic E-state index is -0.297. The highest BCUT2D eigenvalue weighted by Crippen LogP contribution is 2.23. The minimum Gasteiger partial charge on any atom is -0.472 e. The van der Waals surface area contributed by atoms with E-state index in [0.717, 1.165) is 11.1 Å². The van der Waals surface area contributed by atoms with E-state index in [-0.39, 0.29) is 18.2 Å². The van der Waals surface area contributed by atoms with Crippen molar-refractivity contribution in [2.75, 3.05) is 0 Å². The van der Waals surface area contributed by atoms with Gasteiger partial charge in [0.05, 0.1) is 18.9 Å². The maximum Gasteiger partial charge on any atom is 0.254 e. The van der Waals surface area contributed by atoms with Crippen LogP contribution < -0.4 is 5.32 Å². The fourth-order valence-electron chi connectivity index (χ4n) is 1.44. The van der Waals surface area contributed by atoms with Crippen molar-refractivity contribution in [3.8, 4) is 0 Å². The molecule has 0 saturated carbocycles. The van der Waals surface area contributed by atoms with Gasteiger partial charge in [0.15, 0.2) is 0 Å². The van der Waals surface area contributed by atoms with E-state index in [4.69, 9.17) is 4.42 Å². The second kappa shape index (κ2) is 3.14. The van der Waals surface area contributed by atoms with E-state index < -0.39 is 0 Å². The zero-order valence-corrected chi connectivity index (χ0v) is 7.66. The molecule has 0 spiro atoms. The molecule has 1 aromatic rings. The van der Waals surface area contributed by atoms with Crippen molar-refractivity contribution in [1.29, 1.82) is 0 Å². The molecule has 2 rings (SSSR count). The van der Waals surface area contributed by atoms with Crippen LogP contribution in [0.4, 0.5) is 0 Å². The van der Waals surface area contributed by atoms with Crippen LogP contribution in [0.15, 0.2) is 28.6 Å². The fraction of sp³-hybridized carbons (Fsp3) is 0.200. The van der Waals surface area contributed by atoms with Crippen LogP contribution in [-0.2, 0) is 9.59 Å². The van der Waals surface area contributed by atoms with Gasteiger partial charge in [-0.15, -0.1) is 0 Å². The molecule has 0 atom stereocenters. The van der Waals surface area contributed by atoms with Crippen molar-refractivity contribution in [1.82, 2.24) is 5.32 Å². The lowest BCUT2D eigenvalue weighted by molar-refractivity contribution is -0.124. The van der Waals surface area contributed by atoms with Gasteiger partial charge in [0.2, 0.25) is 5.91 Å². The van der Waals surface area contributed by atoms with Gasteiger partial charge in [-0.05, 0) is 18.6 Å².